The minimum Gasteiger partial charge on any atom is -0.292 e. The van der Waals surface area contributed by atoms with Crippen LogP contribution in [-0.2, 0) is 14.6 Å². The van der Waals surface area contributed by atoms with E-state index in [-0.39, 0.29) is 5.95 Å². The first kappa shape index (κ1) is 10.6. The highest BCUT2D eigenvalue weighted by atomic mass is 32.2. The molecule has 0 unspecified atom stereocenters. The Hall–Kier alpha value is -1.44. The number of carbonyl (C=O) groups excluding carboxylic acids is 1. The fourth-order valence-electron chi connectivity index (χ4n) is 0.798. The second-order valence-corrected chi connectivity index (χ2v) is 5.00. The molecule has 1 heterocycles. The number of carbonyl (C=O) groups is 1. The molecular formula is C6H10N4O3S. The average Bonchev–Trinajstić information content (AvgIpc) is 2.30. The number of H-pyrrole nitrogens is 1. The van der Waals surface area contributed by atoms with Crippen LogP contribution in [0.25, 0.3) is 0 Å². The van der Waals surface area contributed by atoms with E-state index in [9.17, 15) is 13.2 Å². The van der Waals surface area contributed by atoms with Crippen molar-refractivity contribution < 1.29 is 13.2 Å². The first-order chi connectivity index (χ1) is 6.37. The lowest BCUT2D eigenvalue weighted by Gasteiger charge is -1.97. The Morgan fingerprint density at radius 3 is 2.64 bits per heavy atom. The van der Waals surface area contributed by atoms with Gasteiger partial charge in [-0.05, 0) is 6.92 Å². The lowest BCUT2D eigenvalue weighted by molar-refractivity contribution is -0.113. The Morgan fingerprint density at radius 2 is 2.21 bits per heavy atom. The average molecular weight is 218 g/mol. The van der Waals surface area contributed by atoms with Crippen LogP contribution in [0.4, 0.5) is 5.95 Å². The summed E-state index contributed by atoms with van der Waals surface area (Å²) < 4.78 is 21.5. The Morgan fingerprint density at radius 1 is 1.57 bits per heavy atom. The zero-order valence-electron chi connectivity index (χ0n) is 7.73. The molecule has 0 aliphatic rings. The molecule has 8 heteroatoms. The number of aromatic nitrogens is 3. The zero-order chi connectivity index (χ0) is 10.8. The molecule has 0 saturated heterocycles. The van der Waals surface area contributed by atoms with Gasteiger partial charge in [0.05, 0.1) is 0 Å². The number of nitrogens with one attached hydrogen (secondary N) is 2. The second kappa shape index (κ2) is 3.74. The highest BCUT2D eigenvalue weighted by Crippen LogP contribution is 1.97. The van der Waals surface area contributed by atoms with Gasteiger partial charge < -0.3 is 0 Å². The Labute approximate surface area is 80.8 Å². The first-order valence-electron chi connectivity index (χ1n) is 3.73. The maximum absolute atomic E-state index is 11.1. The quantitative estimate of drug-likeness (QED) is 0.683. The summed E-state index contributed by atoms with van der Waals surface area (Å²) >= 11 is 0. The van der Waals surface area contributed by atoms with Gasteiger partial charge in [-0.25, -0.2) is 8.42 Å². The Kier molecular flexibility index (Phi) is 2.84. The molecule has 0 radical (unpaired) electrons. The summed E-state index contributed by atoms with van der Waals surface area (Å²) in [5, 5.41) is 8.38. The summed E-state index contributed by atoms with van der Waals surface area (Å²) in [6.07, 6.45) is 0.982. The summed E-state index contributed by atoms with van der Waals surface area (Å²) in [7, 11) is -3.31. The number of nitrogens with zero attached hydrogens (tertiary/aromatic N) is 2. The fraction of sp³-hybridized carbons (Fsp3) is 0.500. The topological polar surface area (TPSA) is 105 Å². The van der Waals surface area contributed by atoms with E-state index >= 15 is 0 Å². The predicted octanol–water partition coefficient (Wildman–Crippen LogP) is -0.904. The molecule has 0 aromatic carbocycles. The lowest BCUT2D eigenvalue weighted by Crippen LogP contribution is -2.22. The maximum Gasteiger partial charge on any atom is 0.248 e. The van der Waals surface area contributed by atoms with Crippen molar-refractivity contribution >= 4 is 21.7 Å². The largest absolute Gasteiger partial charge is 0.292 e. The number of anilines is 1. The Balaban J connectivity index is 2.58. The number of hydrogen-bond acceptors (Lipinski definition) is 5. The van der Waals surface area contributed by atoms with Crippen LogP contribution in [0.3, 0.4) is 0 Å². The van der Waals surface area contributed by atoms with Crippen molar-refractivity contribution in [1.82, 2.24) is 15.2 Å². The van der Waals surface area contributed by atoms with E-state index in [4.69, 9.17) is 0 Å². The molecule has 1 aromatic heterocycles. The van der Waals surface area contributed by atoms with Gasteiger partial charge in [0.25, 0.3) is 0 Å². The van der Waals surface area contributed by atoms with Crippen molar-refractivity contribution in [2.24, 2.45) is 0 Å². The zero-order valence-corrected chi connectivity index (χ0v) is 8.55. The molecule has 0 atom stereocenters. The molecule has 7 nitrogen and oxygen atoms in total. The number of amides is 1. The molecule has 0 saturated carbocycles. The summed E-state index contributed by atoms with van der Waals surface area (Å²) in [4.78, 5) is 14.8. The number of sulfone groups is 1. The molecular weight excluding hydrogens is 208 g/mol. The van der Waals surface area contributed by atoms with Crippen LogP contribution in [0.15, 0.2) is 0 Å². The summed E-state index contributed by atoms with van der Waals surface area (Å²) in [6.45, 7) is 1.67. The van der Waals surface area contributed by atoms with Crippen LogP contribution < -0.4 is 5.32 Å². The molecule has 0 spiro atoms. The van der Waals surface area contributed by atoms with E-state index < -0.39 is 21.5 Å². The monoisotopic (exact) mass is 218 g/mol. The minimum atomic E-state index is -3.31. The molecule has 2 N–H and O–H groups in total. The van der Waals surface area contributed by atoms with E-state index in [1.54, 1.807) is 6.92 Å². The molecule has 0 aliphatic heterocycles. The summed E-state index contributed by atoms with van der Waals surface area (Å²) in [6, 6.07) is 0. The SMILES string of the molecule is Cc1nc(NC(=O)CS(C)(=O)=O)n[nH]1. The van der Waals surface area contributed by atoms with Crippen molar-refractivity contribution in [3.63, 3.8) is 0 Å². The van der Waals surface area contributed by atoms with Gasteiger partial charge in [-0.2, -0.15) is 4.98 Å². The smallest absolute Gasteiger partial charge is 0.248 e. The van der Waals surface area contributed by atoms with E-state index in [1.165, 1.54) is 0 Å². The van der Waals surface area contributed by atoms with Gasteiger partial charge in [-0.15, -0.1) is 5.10 Å². The molecule has 78 valence electrons. The molecule has 0 fully saturated rings. The van der Waals surface area contributed by atoms with Crippen LogP contribution in [0.2, 0.25) is 0 Å². The third-order valence-corrected chi connectivity index (χ3v) is 2.03. The standard InChI is InChI=1S/C6H10N4O3S/c1-4-7-6(10-9-4)8-5(11)3-14(2,12)13/h3H2,1-2H3,(H2,7,8,9,10,11). The highest BCUT2D eigenvalue weighted by Gasteiger charge is 2.12. The summed E-state index contributed by atoms with van der Waals surface area (Å²) in [5.41, 5.74) is 0. The normalized spacial score (nSPS) is 11.3. The first-order valence-corrected chi connectivity index (χ1v) is 5.79. The van der Waals surface area contributed by atoms with Gasteiger partial charge >= 0.3 is 0 Å². The van der Waals surface area contributed by atoms with Crippen molar-refractivity contribution in [3.05, 3.63) is 5.82 Å². The molecule has 0 aliphatic carbocycles. The van der Waals surface area contributed by atoms with E-state index in [1.807, 2.05) is 0 Å². The number of aromatic amines is 1. The van der Waals surface area contributed by atoms with Crippen LogP contribution in [0, 0.1) is 6.92 Å². The van der Waals surface area contributed by atoms with E-state index in [0.29, 0.717) is 5.82 Å². The van der Waals surface area contributed by atoms with Gasteiger partial charge in [0, 0.05) is 6.26 Å². The Bertz CT molecular complexity index is 436. The molecule has 1 rings (SSSR count). The van der Waals surface area contributed by atoms with Gasteiger partial charge in [0.15, 0.2) is 9.84 Å². The highest BCUT2D eigenvalue weighted by molar-refractivity contribution is 7.91. The molecule has 1 aromatic rings. The second-order valence-electron chi connectivity index (χ2n) is 2.86. The number of aryl methyl sites for hydroxylation is 1. The van der Waals surface area contributed by atoms with Crippen molar-refractivity contribution in [1.29, 1.82) is 0 Å². The van der Waals surface area contributed by atoms with Gasteiger partial charge in [0.2, 0.25) is 11.9 Å². The van der Waals surface area contributed by atoms with Gasteiger partial charge in [-0.1, -0.05) is 0 Å². The van der Waals surface area contributed by atoms with E-state index in [0.717, 1.165) is 6.26 Å². The predicted molar refractivity (Wildman–Crippen MR) is 49.5 cm³/mol. The third-order valence-electron chi connectivity index (χ3n) is 1.24. The molecule has 1 amide bonds. The van der Waals surface area contributed by atoms with Crippen LogP contribution >= 0.6 is 0 Å². The number of rotatable bonds is 3. The van der Waals surface area contributed by atoms with Crippen molar-refractivity contribution in [3.8, 4) is 0 Å². The molecule has 0 bridgehead atoms. The van der Waals surface area contributed by atoms with Crippen LogP contribution in [-0.4, -0.2) is 41.5 Å². The minimum absolute atomic E-state index is 0.0798. The maximum atomic E-state index is 11.1. The lowest BCUT2D eigenvalue weighted by atomic mass is 10.7. The summed E-state index contributed by atoms with van der Waals surface area (Å²) in [5.74, 6) is -0.595. The third kappa shape index (κ3) is 3.52. The molecule has 14 heavy (non-hydrogen) atoms. The fourth-order valence-corrected chi connectivity index (χ4v) is 1.35. The van der Waals surface area contributed by atoms with Crippen LogP contribution in [0.5, 0.6) is 0 Å². The van der Waals surface area contributed by atoms with E-state index in [2.05, 4.69) is 20.5 Å². The van der Waals surface area contributed by atoms with Gasteiger partial charge in [0.1, 0.15) is 11.6 Å². The van der Waals surface area contributed by atoms with Crippen molar-refractivity contribution in [2.45, 2.75) is 6.92 Å². The van der Waals surface area contributed by atoms with Crippen LogP contribution in [0.1, 0.15) is 5.82 Å². The van der Waals surface area contributed by atoms with Crippen molar-refractivity contribution in [2.75, 3.05) is 17.3 Å². The van der Waals surface area contributed by atoms with Gasteiger partial charge in [-0.3, -0.25) is 15.2 Å². The number of hydrogen-bond donors (Lipinski definition) is 2.